The molecule has 4 amide bonds. The fourth-order valence-corrected chi connectivity index (χ4v) is 4.56. The van der Waals surface area contributed by atoms with E-state index in [1.807, 2.05) is 0 Å². The van der Waals surface area contributed by atoms with E-state index in [-0.39, 0.29) is 12.8 Å². The molecule has 0 radical (unpaired) electrons. The Hall–Kier alpha value is -4.66. The van der Waals surface area contributed by atoms with Crippen molar-refractivity contribution in [2.75, 3.05) is 10.2 Å². The Morgan fingerprint density at radius 1 is 0.868 bits per heavy atom. The highest BCUT2D eigenvalue weighted by molar-refractivity contribution is 6.07. The number of amides is 4. The molecule has 5 N–H and O–H groups in total. The highest BCUT2D eigenvalue weighted by Gasteiger charge is 2.51. The molecular formula is C29H32N4O5. The van der Waals surface area contributed by atoms with Gasteiger partial charge in [-0.25, -0.2) is 4.79 Å². The number of hydrogen-bond donors (Lipinski definition) is 4. The number of primary amides is 1. The minimum atomic E-state index is -1.64. The number of hydrogen-bond acceptors (Lipinski definition) is 4. The minimum Gasteiger partial charge on any atom is -0.481 e. The Kier molecular flexibility index (Phi) is 9.21. The van der Waals surface area contributed by atoms with Crippen LogP contribution in [0.5, 0.6) is 0 Å². The zero-order valence-corrected chi connectivity index (χ0v) is 21.3. The summed E-state index contributed by atoms with van der Waals surface area (Å²) in [5, 5.41) is 14.6. The Bertz CT molecular complexity index is 1250. The van der Waals surface area contributed by atoms with Crippen molar-refractivity contribution in [2.45, 2.75) is 38.3 Å². The van der Waals surface area contributed by atoms with Crippen molar-refractivity contribution >= 4 is 35.2 Å². The lowest BCUT2D eigenvalue weighted by Gasteiger charge is -2.46. The van der Waals surface area contributed by atoms with E-state index in [0.717, 1.165) is 0 Å². The molecule has 0 aliphatic rings. The Morgan fingerprint density at radius 3 is 1.89 bits per heavy atom. The molecule has 3 aromatic rings. The number of carboxylic acids is 1. The number of rotatable bonds is 11. The van der Waals surface area contributed by atoms with Crippen molar-refractivity contribution in [3.8, 4) is 0 Å². The average molecular weight is 517 g/mol. The zero-order valence-electron chi connectivity index (χ0n) is 21.3. The third-order valence-corrected chi connectivity index (χ3v) is 6.29. The molecule has 3 aromatic carbocycles. The van der Waals surface area contributed by atoms with Gasteiger partial charge in [0, 0.05) is 17.8 Å². The van der Waals surface area contributed by atoms with E-state index in [4.69, 9.17) is 5.73 Å². The quantitative estimate of drug-likeness (QED) is 0.303. The maximum Gasteiger partial charge on any atom is 0.319 e. The van der Waals surface area contributed by atoms with Crippen LogP contribution in [0.25, 0.3) is 0 Å². The normalized spacial score (nSPS) is 13.1. The summed E-state index contributed by atoms with van der Waals surface area (Å²) in [7, 11) is 0. The monoisotopic (exact) mass is 516 g/mol. The van der Waals surface area contributed by atoms with Crippen LogP contribution < -0.4 is 21.3 Å². The molecule has 0 aliphatic carbocycles. The molecule has 0 spiro atoms. The van der Waals surface area contributed by atoms with E-state index in [0.29, 0.717) is 16.9 Å². The average Bonchev–Trinajstić information content (AvgIpc) is 2.90. The molecule has 0 aromatic heterocycles. The summed E-state index contributed by atoms with van der Waals surface area (Å²) < 4.78 is 0. The number of benzene rings is 3. The van der Waals surface area contributed by atoms with Crippen LogP contribution in [0.15, 0.2) is 91.0 Å². The van der Waals surface area contributed by atoms with Crippen molar-refractivity contribution < 1.29 is 24.3 Å². The highest BCUT2D eigenvalue weighted by atomic mass is 16.4. The number of para-hydroxylation sites is 2. The summed E-state index contributed by atoms with van der Waals surface area (Å²) in [6, 6.07) is 23.9. The fourth-order valence-electron chi connectivity index (χ4n) is 4.56. The number of carboxylic acid groups (broad SMARTS) is 1. The molecule has 2 atom stereocenters. The SMILES string of the molecule is CC(C)C(C(N)=O)(c1ccccc1)N(C(=O)C(CCC(=O)O)NC(=O)Nc1ccccc1)c1ccccc1. The molecule has 9 heteroatoms. The third-order valence-electron chi connectivity index (χ3n) is 6.29. The Morgan fingerprint density at radius 2 is 1.39 bits per heavy atom. The Labute approximate surface area is 221 Å². The topological polar surface area (TPSA) is 142 Å². The highest BCUT2D eigenvalue weighted by Crippen LogP contribution is 2.40. The largest absolute Gasteiger partial charge is 0.481 e. The molecule has 9 nitrogen and oxygen atoms in total. The Balaban J connectivity index is 2.13. The van der Waals surface area contributed by atoms with Crippen LogP contribution in [-0.2, 0) is 19.9 Å². The van der Waals surface area contributed by atoms with E-state index in [9.17, 15) is 24.3 Å². The summed E-state index contributed by atoms with van der Waals surface area (Å²) in [6.45, 7) is 3.56. The molecule has 3 rings (SSSR count). The second-order valence-electron chi connectivity index (χ2n) is 9.11. The second kappa shape index (κ2) is 12.5. The van der Waals surface area contributed by atoms with Crippen LogP contribution in [0.4, 0.5) is 16.2 Å². The maximum absolute atomic E-state index is 14.4. The smallest absolute Gasteiger partial charge is 0.319 e. The van der Waals surface area contributed by atoms with E-state index >= 15 is 0 Å². The third kappa shape index (κ3) is 6.18. The van der Waals surface area contributed by atoms with Gasteiger partial charge in [0.15, 0.2) is 5.54 Å². The van der Waals surface area contributed by atoms with Crippen LogP contribution in [0.3, 0.4) is 0 Å². The fraction of sp³-hybridized carbons (Fsp3) is 0.241. The summed E-state index contributed by atoms with van der Waals surface area (Å²) in [4.78, 5) is 53.4. The lowest BCUT2D eigenvalue weighted by molar-refractivity contribution is -0.137. The molecule has 0 aliphatic heterocycles. The summed E-state index contributed by atoms with van der Waals surface area (Å²) >= 11 is 0. The van der Waals surface area contributed by atoms with Gasteiger partial charge in [-0.15, -0.1) is 0 Å². The van der Waals surface area contributed by atoms with Gasteiger partial charge in [-0.05, 0) is 42.2 Å². The first-order valence-electron chi connectivity index (χ1n) is 12.3. The van der Waals surface area contributed by atoms with Crippen LogP contribution in [0.1, 0.15) is 32.3 Å². The first kappa shape index (κ1) is 27.9. The van der Waals surface area contributed by atoms with Gasteiger partial charge in [-0.2, -0.15) is 0 Å². The number of aliphatic carboxylic acids is 1. The lowest BCUT2D eigenvalue weighted by Crippen LogP contribution is -2.64. The molecule has 38 heavy (non-hydrogen) atoms. The molecule has 0 saturated heterocycles. The van der Waals surface area contributed by atoms with Gasteiger partial charge in [0.2, 0.25) is 5.91 Å². The lowest BCUT2D eigenvalue weighted by atomic mass is 9.76. The zero-order chi connectivity index (χ0) is 27.7. The van der Waals surface area contributed by atoms with Gasteiger partial charge in [0.25, 0.3) is 5.91 Å². The van der Waals surface area contributed by atoms with Crippen molar-refractivity contribution in [1.29, 1.82) is 0 Å². The van der Waals surface area contributed by atoms with E-state index in [2.05, 4.69) is 10.6 Å². The number of anilines is 2. The molecule has 0 bridgehead atoms. The van der Waals surface area contributed by atoms with Gasteiger partial charge in [0.05, 0.1) is 0 Å². The first-order chi connectivity index (χ1) is 18.2. The summed E-state index contributed by atoms with van der Waals surface area (Å²) in [5.74, 6) is -3.06. The van der Waals surface area contributed by atoms with Gasteiger partial charge in [-0.1, -0.05) is 80.6 Å². The van der Waals surface area contributed by atoms with Crippen molar-refractivity contribution in [1.82, 2.24) is 5.32 Å². The number of nitrogens with two attached hydrogens (primary N) is 1. The molecule has 0 heterocycles. The molecular weight excluding hydrogens is 484 g/mol. The number of urea groups is 1. The predicted octanol–water partition coefficient (Wildman–Crippen LogP) is 4.11. The number of carbonyl (C=O) groups excluding carboxylic acids is 3. The van der Waals surface area contributed by atoms with Crippen molar-refractivity contribution in [3.63, 3.8) is 0 Å². The number of nitrogens with zero attached hydrogens (tertiary/aromatic N) is 1. The molecule has 2 unspecified atom stereocenters. The van der Waals surface area contributed by atoms with Crippen LogP contribution in [-0.4, -0.2) is 35.0 Å². The van der Waals surface area contributed by atoms with E-state index < -0.39 is 41.3 Å². The summed E-state index contributed by atoms with van der Waals surface area (Å²) in [6.07, 6.45) is -0.595. The van der Waals surface area contributed by atoms with Crippen LogP contribution in [0, 0.1) is 5.92 Å². The van der Waals surface area contributed by atoms with Gasteiger partial charge >= 0.3 is 12.0 Å². The second-order valence-corrected chi connectivity index (χ2v) is 9.11. The van der Waals surface area contributed by atoms with E-state index in [1.54, 1.807) is 105 Å². The molecule has 198 valence electrons. The van der Waals surface area contributed by atoms with Crippen LogP contribution >= 0.6 is 0 Å². The molecule has 0 saturated carbocycles. The predicted molar refractivity (Wildman–Crippen MR) is 145 cm³/mol. The van der Waals surface area contributed by atoms with Crippen molar-refractivity contribution in [3.05, 3.63) is 96.6 Å². The summed E-state index contributed by atoms with van der Waals surface area (Å²) in [5.41, 5.74) is 5.80. The van der Waals surface area contributed by atoms with Crippen LogP contribution in [0.2, 0.25) is 0 Å². The first-order valence-corrected chi connectivity index (χ1v) is 12.3. The van der Waals surface area contributed by atoms with Gasteiger partial charge < -0.3 is 21.5 Å². The van der Waals surface area contributed by atoms with Gasteiger partial charge in [0.1, 0.15) is 6.04 Å². The molecule has 0 fully saturated rings. The maximum atomic E-state index is 14.4. The standard InChI is InChI=1S/C29H32N4O5/c1-20(2)29(27(30)37,21-12-6-3-7-13-21)33(23-16-10-5-11-17-23)26(36)24(18-19-25(34)35)32-28(38)31-22-14-8-4-9-15-22/h3-17,20,24H,18-19H2,1-2H3,(H2,30,37)(H,34,35)(H2,31,32,38). The number of nitrogens with one attached hydrogen (secondary N) is 2. The van der Waals surface area contributed by atoms with Crippen molar-refractivity contribution in [2.24, 2.45) is 11.7 Å². The van der Waals surface area contributed by atoms with E-state index in [1.165, 1.54) is 4.90 Å². The minimum absolute atomic E-state index is 0.207. The van der Waals surface area contributed by atoms with Gasteiger partial charge in [-0.3, -0.25) is 19.3 Å². The number of carbonyl (C=O) groups is 4.